The van der Waals surface area contributed by atoms with E-state index < -0.39 is 0 Å². The van der Waals surface area contributed by atoms with Crippen LogP contribution in [0.2, 0.25) is 4.47 Å². The van der Waals surface area contributed by atoms with E-state index in [2.05, 4.69) is 35.5 Å². The SMILES string of the molecule is CSc1ccc(-c2csc(Cl)n2)cc1. The van der Waals surface area contributed by atoms with Crippen molar-refractivity contribution in [3.8, 4) is 11.3 Å². The van der Waals surface area contributed by atoms with Crippen LogP contribution in [0, 0.1) is 0 Å². The van der Waals surface area contributed by atoms with Crippen LogP contribution in [0.25, 0.3) is 11.3 Å². The fraction of sp³-hybridized carbons (Fsp3) is 0.100. The Balaban J connectivity index is 2.33. The lowest BCUT2D eigenvalue weighted by Crippen LogP contribution is -1.77. The molecule has 4 heteroatoms. The molecule has 0 radical (unpaired) electrons. The van der Waals surface area contributed by atoms with E-state index in [4.69, 9.17) is 11.6 Å². The maximum atomic E-state index is 5.77. The molecule has 0 fully saturated rings. The van der Waals surface area contributed by atoms with Crippen molar-refractivity contribution in [3.63, 3.8) is 0 Å². The maximum Gasteiger partial charge on any atom is 0.184 e. The van der Waals surface area contributed by atoms with E-state index in [1.807, 2.05) is 5.38 Å². The minimum Gasteiger partial charge on any atom is -0.225 e. The molecule has 0 bridgehead atoms. The summed E-state index contributed by atoms with van der Waals surface area (Å²) in [5, 5.41) is 1.97. The van der Waals surface area contributed by atoms with E-state index in [1.165, 1.54) is 16.2 Å². The van der Waals surface area contributed by atoms with Crippen LogP contribution in [0.4, 0.5) is 0 Å². The quantitative estimate of drug-likeness (QED) is 0.732. The van der Waals surface area contributed by atoms with Crippen LogP contribution in [0.1, 0.15) is 0 Å². The van der Waals surface area contributed by atoms with Crippen LogP contribution in [0.15, 0.2) is 34.5 Å². The number of thioether (sulfide) groups is 1. The lowest BCUT2D eigenvalue weighted by Gasteiger charge is -1.98. The number of hydrogen-bond acceptors (Lipinski definition) is 3. The van der Waals surface area contributed by atoms with Gasteiger partial charge in [0.1, 0.15) is 0 Å². The summed E-state index contributed by atoms with van der Waals surface area (Å²) in [4.78, 5) is 5.47. The van der Waals surface area contributed by atoms with Gasteiger partial charge in [0.25, 0.3) is 0 Å². The number of aromatic nitrogens is 1. The minimum atomic E-state index is 0.592. The maximum absolute atomic E-state index is 5.77. The largest absolute Gasteiger partial charge is 0.225 e. The Labute approximate surface area is 96.1 Å². The van der Waals surface area contributed by atoms with Crippen molar-refractivity contribution < 1.29 is 0 Å². The normalized spacial score (nSPS) is 10.4. The second-order valence-electron chi connectivity index (χ2n) is 2.71. The second kappa shape index (κ2) is 4.34. The van der Waals surface area contributed by atoms with Gasteiger partial charge < -0.3 is 0 Å². The van der Waals surface area contributed by atoms with Gasteiger partial charge in [-0.2, -0.15) is 0 Å². The molecule has 0 atom stereocenters. The molecule has 0 saturated heterocycles. The number of nitrogens with zero attached hydrogens (tertiary/aromatic N) is 1. The van der Waals surface area contributed by atoms with Crippen molar-refractivity contribution in [1.29, 1.82) is 0 Å². The molecule has 2 aromatic rings. The number of thiazole rings is 1. The molecule has 0 N–H and O–H groups in total. The van der Waals surface area contributed by atoms with Gasteiger partial charge in [-0.1, -0.05) is 23.7 Å². The summed E-state index contributed by atoms with van der Waals surface area (Å²) in [6.45, 7) is 0. The van der Waals surface area contributed by atoms with Crippen LogP contribution >= 0.6 is 34.7 Å². The molecule has 0 aliphatic rings. The predicted octanol–water partition coefficient (Wildman–Crippen LogP) is 4.19. The van der Waals surface area contributed by atoms with Crippen LogP contribution in [0.5, 0.6) is 0 Å². The predicted molar refractivity (Wildman–Crippen MR) is 64.3 cm³/mol. The first kappa shape index (κ1) is 10.0. The molecular formula is C10H8ClNS2. The number of rotatable bonds is 2. The van der Waals surface area contributed by atoms with Gasteiger partial charge in [-0.05, 0) is 18.4 Å². The first-order chi connectivity index (χ1) is 6.79. The standard InChI is InChI=1S/C10H8ClNS2/c1-13-8-4-2-7(3-5-8)9-6-14-10(11)12-9/h2-6H,1H3. The monoisotopic (exact) mass is 241 g/mol. The number of benzene rings is 1. The van der Waals surface area contributed by atoms with Gasteiger partial charge in [0.15, 0.2) is 4.47 Å². The summed E-state index contributed by atoms with van der Waals surface area (Å²) < 4.78 is 0.592. The fourth-order valence-electron chi connectivity index (χ4n) is 1.15. The highest BCUT2D eigenvalue weighted by Gasteiger charge is 2.02. The zero-order chi connectivity index (χ0) is 9.97. The second-order valence-corrected chi connectivity index (χ2v) is 5.03. The zero-order valence-electron chi connectivity index (χ0n) is 7.53. The van der Waals surface area contributed by atoms with Crippen LogP contribution in [-0.2, 0) is 0 Å². The highest BCUT2D eigenvalue weighted by atomic mass is 35.5. The third-order valence-corrected chi connectivity index (χ3v) is 3.58. The average molecular weight is 242 g/mol. The minimum absolute atomic E-state index is 0.592. The molecule has 0 aliphatic carbocycles. The van der Waals surface area contributed by atoms with E-state index >= 15 is 0 Å². The van der Waals surface area contributed by atoms with Gasteiger partial charge in [0.2, 0.25) is 0 Å². The Bertz CT molecular complexity index is 422. The molecule has 1 nitrogen and oxygen atoms in total. The first-order valence-electron chi connectivity index (χ1n) is 4.05. The van der Waals surface area contributed by atoms with Gasteiger partial charge in [0.05, 0.1) is 5.69 Å². The van der Waals surface area contributed by atoms with Gasteiger partial charge in [-0.3, -0.25) is 0 Å². The highest BCUT2D eigenvalue weighted by Crippen LogP contribution is 2.26. The number of halogens is 1. The summed E-state index contributed by atoms with van der Waals surface area (Å²) in [6, 6.07) is 8.31. The molecule has 1 heterocycles. The van der Waals surface area contributed by atoms with Crippen molar-refractivity contribution in [3.05, 3.63) is 34.1 Å². The molecule has 0 spiro atoms. The molecule has 1 aromatic carbocycles. The Morgan fingerprint density at radius 1 is 1.29 bits per heavy atom. The third-order valence-electron chi connectivity index (χ3n) is 1.86. The Hall–Kier alpha value is -0.510. The van der Waals surface area contributed by atoms with E-state index in [9.17, 15) is 0 Å². The molecule has 0 saturated carbocycles. The molecule has 0 aliphatic heterocycles. The van der Waals surface area contributed by atoms with E-state index in [-0.39, 0.29) is 0 Å². The van der Waals surface area contributed by atoms with Crippen LogP contribution in [0.3, 0.4) is 0 Å². The van der Waals surface area contributed by atoms with Crippen LogP contribution < -0.4 is 0 Å². The molecule has 2 rings (SSSR count). The van der Waals surface area contributed by atoms with Gasteiger partial charge in [0, 0.05) is 15.8 Å². The molecule has 72 valence electrons. The van der Waals surface area contributed by atoms with Gasteiger partial charge in [-0.25, -0.2) is 4.98 Å². The Morgan fingerprint density at radius 2 is 2.00 bits per heavy atom. The van der Waals surface area contributed by atoms with Crippen molar-refractivity contribution in [2.75, 3.05) is 6.26 Å². The van der Waals surface area contributed by atoms with Crippen molar-refractivity contribution in [1.82, 2.24) is 4.98 Å². The lowest BCUT2D eigenvalue weighted by molar-refractivity contribution is 1.38. The van der Waals surface area contributed by atoms with Crippen molar-refractivity contribution >= 4 is 34.7 Å². The third kappa shape index (κ3) is 2.11. The Morgan fingerprint density at radius 3 is 2.50 bits per heavy atom. The topological polar surface area (TPSA) is 12.9 Å². The van der Waals surface area contributed by atoms with Crippen molar-refractivity contribution in [2.45, 2.75) is 4.90 Å². The van der Waals surface area contributed by atoms with E-state index in [0.29, 0.717) is 4.47 Å². The molecular weight excluding hydrogens is 234 g/mol. The van der Waals surface area contributed by atoms with Gasteiger partial charge >= 0.3 is 0 Å². The highest BCUT2D eigenvalue weighted by molar-refractivity contribution is 7.98. The molecule has 0 unspecified atom stereocenters. The summed E-state index contributed by atoms with van der Waals surface area (Å²) >= 11 is 8.96. The zero-order valence-corrected chi connectivity index (χ0v) is 9.92. The average Bonchev–Trinajstić information content (AvgIpc) is 2.65. The lowest BCUT2D eigenvalue weighted by atomic mass is 10.2. The Kier molecular flexibility index (Phi) is 3.11. The summed E-state index contributed by atoms with van der Waals surface area (Å²) in [6.07, 6.45) is 2.06. The van der Waals surface area contributed by atoms with E-state index in [1.54, 1.807) is 11.8 Å². The molecule has 0 amide bonds. The fourth-order valence-corrected chi connectivity index (χ4v) is 2.33. The summed E-state index contributed by atoms with van der Waals surface area (Å²) in [5.74, 6) is 0. The van der Waals surface area contributed by atoms with Crippen molar-refractivity contribution in [2.24, 2.45) is 0 Å². The molecule has 1 aromatic heterocycles. The summed E-state index contributed by atoms with van der Waals surface area (Å²) in [5.41, 5.74) is 2.07. The molecule has 14 heavy (non-hydrogen) atoms. The first-order valence-corrected chi connectivity index (χ1v) is 6.53. The van der Waals surface area contributed by atoms with E-state index in [0.717, 1.165) is 11.3 Å². The van der Waals surface area contributed by atoms with Gasteiger partial charge in [-0.15, -0.1) is 23.1 Å². The van der Waals surface area contributed by atoms with Crippen LogP contribution in [-0.4, -0.2) is 11.2 Å². The summed E-state index contributed by atoms with van der Waals surface area (Å²) in [7, 11) is 0. The number of hydrogen-bond donors (Lipinski definition) is 0. The smallest absolute Gasteiger partial charge is 0.184 e.